The van der Waals surface area contributed by atoms with Crippen molar-refractivity contribution in [1.29, 1.82) is 0 Å². The minimum Gasteiger partial charge on any atom is -0.337 e. The van der Waals surface area contributed by atoms with Crippen molar-refractivity contribution < 1.29 is 0 Å². The molecule has 5 aromatic carbocycles. The van der Waals surface area contributed by atoms with E-state index < -0.39 is 0 Å². The molecule has 6 aromatic rings. The second kappa shape index (κ2) is 7.26. The second-order valence-electron chi connectivity index (χ2n) is 7.73. The van der Waals surface area contributed by atoms with Crippen LogP contribution in [0.15, 0.2) is 115 Å². The van der Waals surface area contributed by atoms with Crippen molar-refractivity contribution in [1.82, 2.24) is 9.97 Å². The zero-order valence-corrected chi connectivity index (χ0v) is 16.9. The molecule has 146 valence electrons. The van der Waals surface area contributed by atoms with Gasteiger partial charge in [-0.3, -0.25) is 0 Å². The van der Waals surface area contributed by atoms with Crippen LogP contribution in [0.25, 0.3) is 55.4 Å². The first-order chi connectivity index (χ1) is 15.4. The summed E-state index contributed by atoms with van der Waals surface area (Å²) in [7, 11) is 0. The number of aromatic amines is 1. The summed E-state index contributed by atoms with van der Waals surface area (Å²) in [5.41, 5.74) is 5.37. The zero-order chi connectivity index (χ0) is 20.6. The monoisotopic (exact) mass is 396 g/mol. The van der Waals surface area contributed by atoms with Gasteiger partial charge in [-0.15, -0.1) is 0 Å². The van der Waals surface area contributed by atoms with E-state index in [-0.39, 0.29) is 0 Å². The Bertz CT molecular complexity index is 1460. The van der Waals surface area contributed by atoms with Gasteiger partial charge in [0.2, 0.25) is 0 Å². The molecule has 0 radical (unpaired) electrons. The van der Waals surface area contributed by atoms with Crippen LogP contribution in [0.4, 0.5) is 0 Å². The maximum Gasteiger partial charge on any atom is 0.139 e. The van der Waals surface area contributed by atoms with Crippen molar-refractivity contribution in [3.8, 4) is 33.9 Å². The molecule has 0 fully saturated rings. The first kappa shape index (κ1) is 17.7. The number of hydrogen-bond acceptors (Lipinski definition) is 1. The molecule has 0 aliphatic heterocycles. The van der Waals surface area contributed by atoms with Crippen LogP contribution in [0.5, 0.6) is 0 Å². The number of rotatable bonds is 3. The number of aromatic nitrogens is 2. The minimum atomic E-state index is 0.889. The van der Waals surface area contributed by atoms with Gasteiger partial charge in [0.25, 0.3) is 0 Å². The van der Waals surface area contributed by atoms with Crippen LogP contribution < -0.4 is 0 Å². The van der Waals surface area contributed by atoms with Gasteiger partial charge in [0, 0.05) is 16.7 Å². The number of fused-ring (bicyclic) bond motifs is 3. The molecule has 1 heterocycles. The third kappa shape index (κ3) is 3.01. The van der Waals surface area contributed by atoms with Gasteiger partial charge in [-0.1, -0.05) is 109 Å². The summed E-state index contributed by atoms with van der Waals surface area (Å²) in [4.78, 5) is 8.79. The lowest BCUT2D eigenvalue weighted by molar-refractivity contribution is 1.32. The van der Waals surface area contributed by atoms with E-state index in [1.165, 1.54) is 21.5 Å². The smallest absolute Gasteiger partial charge is 0.139 e. The molecule has 31 heavy (non-hydrogen) atoms. The Morgan fingerprint density at radius 2 is 1.10 bits per heavy atom. The lowest BCUT2D eigenvalue weighted by atomic mass is 9.97. The molecule has 0 saturated heterocycles. The number of imidazole rings is 1. The van der Waals surface area contributed by atoms with Gasteiger partial charge in [-0.2, -0.15) is 0 Å². The van der Waals surface area contributed by atoms with Gasteiger partial charge in [-0.25, -0.2) is 4.98 Å². The molecule has 0 saturated carbocycles. The molecule has 0 atom stereocenters. The van der Waals surface area contributed by atoms with Crippen molar-refractivity contribution in [2.24, 2.45) is 0 Å². The molecule has 0 unspecified atom stereocenters. The molecule has 0 aliphatic rings. The minimum absolute atomic E-state index is 0.889. The van der Waals surface area contributed by atoms with Crippen LogP contribution in [0.2, 0.25) is 0 Å². The summed E-state index contributed by atoms with van der Waals surface area (Å²) < 4.78 is 0. The van der Waals surface area contributed by atoms with Crippen molar-refractivity contribution >= 4 is 21.5 Å². The molecule has 1 N–H and O–H groups in total. The third-order valence-electron chi connectivity index (χ3n) is 5.84. The van der Waals surface area contributed by atoms with Crippen LogP contribution in [0.3, 0.4) is 0 Å². The van der Waals surface area contributed by atoms with Crippen molar-refractivity contribution in [3.05, 3.63) is 115 Å². The molecule has 0 spiro atoms. The Morgan fingerprint density at radius 1 is 0.516 bits per heavy atom. The molecular weight excluding hydrogens is 376 g/mol. The van der Waals surface area contributed by atoms with Gasteiger partial charge in [0.1, 0.15) is 5.82 Å². The highest BCUT2D eigenvalue weighted by Gasteiger charge is 2.17. The fourth-order valence-corrected chi connectivity index (χ4v) is 4.37. The quantitative estimate of drug-likeness (QED) is 0.305. The van der Waals surface area contributed by atoms with Gasteiger partial charge in [0.15, 0.2) is 0 Å². The maximum atomic E-state index is 5.13. The van der Waals surface area contributed by atoms with E-state index >= 15 is 0 Å². The first-order valence-corrected chi connectivity index (χ1v) is 10.5. The van der Waals surface area contributed by atoms with Crippen LogP contribution in [0, 0.1) is 0 Å². The highest BCUT2D eigenvalue weighted by atomic mass is 14.9. The van der Waals surface area contributed by atoms with E-state index in [1.807, 2.05) is 12.1 Å². The number of hydrogen-bond donors (Lipinski definition) is 1. The second-order valence-corrected chi connectivity index (χ2v) is 7.73. The van der Waals surface area contributed by atoms with Crippen LogP contribution in [-0.4, -0.2) is 9.97 Å². The Morgan fingerprint density at radius 3 is 1.84 bits per heavy atom. The Hall–Kier alpha value is -4.17. The lowest BCUT2D eigenvalue weighted by Crippen LogP contribution is -1.86. The number of nitrogens with zero attached hydrogens (tertiary/aromatic N) is 1. The SMILES string of the molecule is c1ccc(-c2nc(-c3cc4ccccc4c4ccccc34)[nH]c2-c2ccccc2)cc1. The first-order valence-electron chi connectivity index (χ1n) is 10.5. The predicted molar refractivity (Wildman–Crippen MR) is 130 cm³/mol. The number of nitrogens with one attached hydrogen (secondary N) is 1. The summed E-state index contributed by atoms with van der Waals surface area (Å²) in [6.07, 6.45) is 0. The van der Waals surface area contributed by atoms with E-state index in [1.54, 1.807) is 0 Å². The fourth-order valence-electron chi connectivity index (χ4n) is 4.37. The van der Waals surface area contributed by atoms with E-state index in [0.717, 1.165) is 33.9 Å². The van der Waals surface area contributed by atoms with Crippen molar-refractivity contribution in [2.45, 2.75) is 0 Å². The fraction of sp³-hybridized carbons (Fsp3) is 0. The highest BCUT2D eigenvalue weighted by Crippen LogP contribution is 2.37. The summed E-state index contributed by atoms with van der Waals surface area (Å²) in [6, 6.07) is 40.2. The predicted octanol–water partition coefficient (Wildman–Crippen LogP) is 7.72. The van der Waals surface area contributed by atoms with Crippen LogP contribution in [-0.2, 0) is 0 Å². The number of H-pyrrole nitrogens is 1. The van der Waals surface area contributed by atoms with E-state index in [4.69, 9.17) is 4.98 Å². The molecular formula is C29H20N2. The van der Waals surface area contributed by atoms with Crippen molar-refractivity contribution in [3.63, 3.8) is 0 Å². The average molecular weight is 396 g/mol. The maximum absolute atomic E-state index is 5.13. The lowest BCUT2D eigenvalue weighted by Gasteiger charge is -2.09. The molecule has 2 heteroatoms. The Labute approximate surface area is 180 Å². The summed E-state index contributed by atoms with van der Waals surface area (Å²) in [6.45, 7) is 0. The third-order valence-corrected chi connectivity index (χ3v) is 5.84. The summed E-state index contributed by atoms with van der Waals surface area (Å²) >= 11 is 0. The summed E-state index contributed by atoms with van der Waals surface area (Å²) in [5.74, 6) is 0.889. The Balaban J connectivity index is 1.66. The molecule has 1 aromatic heterocycles. The molecule has 2 nitrogen and oxygen atoms in total. The van der Waals surface area contributed by atoms with Gasteiger partial charge >= 0.3 is 0 Å². The van der Waals surface area contributed by atoms with Crippen molar-refractivity contribution in [2.75, 3.05) is 0 Å². The van der Waals surface area contributed by atoms with Crippen LogP contribution in [0.1, 0.15) is 0 Å². The van der Waals surface area contributed by atoms with E-state index in [2.05, 4.69) is 108 Å². The van der Waals surface area contributed by atoms with Gasteiger partial charge in [0.05, 0.1) is 11.4 Å². The van der Waals surface area contributed by atoms with Crippen LogP contribution >= 0.6 is 0 Å². The zero-order valence-electron chi connectivity index (χ0n) is 16.9. The summed E-state index contributed by atoms with van der Waals surface area (Å²) in [5, 5.41) is 4.93. The largest absolute Gasteiger partial charge is 0.337 e. The van der Waals surface area contributed by atoms with E-state index in [0.29, 0.717) is 0 Å². The topological polar surface area (TPSA) is 28.7 Å². The van der Waals surface area contributed by atoms with Gasteiger partial charge in [-0.05, 0) is 27.6 Å². The molecule has 6 rings (SSSR count). The highest BCUT2D eigenvalue weighted by molar-refractivity contribution is 6.13. The molecule has 0 bridgehead atoms. The standard InChI is InChI=1S/C29H20N2/c1-3-11-20(12-4-1)27-28(21-13-5-2-6-14-21)31-29(30-27)26-19-22-15-7-8-16-23(22)24-17-9-10-18-25(24)26/h1-19H,(H,30,31). The average Bonchev–Trinajstić information content (AvgIpc) is 3.30. The number of benzene rings is 5. The molecule has 0 amide bonds. The van der Waals surface area contributed by atoms with E-state index in [9.17, 15) is 0 Å². The normalized spacial score (nSPS) is 11.2. The molecule has 0 aliphatic carbocycles. The Kier molecular flexibility index (Phi) is 4.14. The van der Waals surface area contributed by atoms with Gasteiger partial charge < -0.3 is 4.98 Å².